The van der Waals surface area contributed by atoms with Gasteiger partial charge in [-0.05, 0) is 24.3 Å². The zero-order valence-electron chi connectivity index (χ0n) is 11.4. The van der Waals surface area contributed by atoms with Crippen LogP contribution in [0.5, 0.6) is 11.5 Å². The fraction of sp³-hybridized carbons (Fsp3) is 0.200. The fourth-order valence-electron chi connectivity index (χ4n) is 2.00. The summed E-state index contributed by atoms with van der Waals surface area (Å²) in [5.74, 6) is 0.105. The molecule has 106 valence electrons. The number of halogens is 1. The third kappa shape index (κ3) is 3.08. The first-order valence-electron chi connectivity index (χ1n) is 6.19. The van der Waals surface area contributed by atoms with Gasteiger partial charge in [0.05, 0.1) is 16.4 Å². The fourth-order valence-corrected chi connectivity index (χ4v) is 2.35. The molecule has 0 spiro atoms. The lowest BCUT2D eigenvalue weighted by molar-refractivity contribution is 0.446. The van der Waals surface area contributed by atoms with Gasteiger partial charge in [0, 0.05) is 32.3 Å². The standard InChI is InChI=1S/C15H17ClN2O2/c1-18(2)15-12(16)4-3-5-13(15)17-9-10-6-7-11(19)8-14(10)20/h3-8,17,19-20H,9H2,1-2H3. The molecule has 0 aromatic heterocycles. The van der Waals surface area contributed by atoms with E-state index in [0.717, 1.165) is 11.4 Å². The molecule has 0 saturated carbocycles. The van der Waals surface area contributed by atoms with Crippen molar-refractivity contribution in [2.24, 2.45) is 0 Å². The largest absolute Gasteiger partial charge is 0.508 e. The van der Waals surface area contributed by atoms with Crippen LogP contribution in [0.2, 0.25) is 5.02 Å². The van der Waals surface area contributed by atoms with Crippen LogP contribution < -0.4 is 10.2 Å². The highest BCUT2D eigenvalue weighted by atomic mass is 35.5. The van der Waals surface area contributed by atoms with Crippen LogP contribution in [0.1, 0.15) is 5.56 Å². The Labute approximate surface area is 123 Å². The number of nitrogens with one attached hydrogen (secondary N) is 1. The molecule has 2 aromatic carbocycles. The molecule has 0 unspecified atom stereocenters. The Bertz CT molecular complexity index is 615. The highest BCUT2D eigenvalue weighted by molar-refractivity contribution is 6.34. The monoisotopic (exact) mass is 292 g/mol. The van der Waals surface area contributed by atoms with Crippen LogP contribution in [0.4, 0.5) is 11.4 Å². The number of hydrogen-bond acceptors (Lipinski definition) is 4. The van der Waals surface area contributed by atoms with Crippen LogP contribution >= 0.6 is 11.6 Å². The first-order chi connectivity index (χ1) is 9.49. The average molecular weight is 293 g/mol. The van der Waals surface area contributed by atoms with Crippen LogP contribution in [0, 0.1) is 0 Å². The summed E-state index contributed by atoms with van der Waals surface area (Å²) in [5.41, 5.74) is 2.48. The molecule has 0 aliphatic heterocycles. The predicted octanol–water partition coefficient (Wildman–Crippen LogP) is 3.43. The number of phenols is 2. The van der Waals surface area contributed by atoms with Gasteiger partial charge in [0.1, 0.15) is 11.5 Å². The van der Waals surface area contributed by atoms with Crippen molar-refractivity contribution in [2.45, 2.75) is 6.54 Å². The van der Waals surface area contributed by atoms with Gasteiger partial charge in [-0.25, -0.2) is 0 Å². The van der Waals surface area contributed by atoms with Gasteiger partial charge in [-0.15, -0.1) is 0 Å². The molecule has 0 bridgehead atoms. The molecular weight excluding hydrogens is 276 g/mol. The Hall–Kier alpha value is -2.07. The second-order valence-corrected chi connectivity index (χ2v) is 5.10. The van der Waals surface area contributed by atoms with Gasteiger partial charge in [-0.3, -0.25) is 0 Å². The third-order valence-corrected chi connectivity index (χ3v) is 3.28. The molecular formula is C15H17ClN2O2. The summed E-state index contributed by atoms with van der Waals surface area (Å²) < 4.78 is 0. The van der Waals surface area contributed by atoms with Gasteiger partial charge in [-0.2, -0.15) is 0 Å². The predicted molar refractivity (Wildman–Crippen MR) is 82.9 cm³/mol. The molecule has 0 saturated heterocycles. The van der Waals surface area contributed by atoms with Gasteiger partial charge >= 0.3 is 0 Å². The maximum absolute atomic E-state index is 9.77. The minimum Gasteiger partial charge on any atom is -0.508 e. The molecule has 5 heteroatoms. The molecule has 0 fully saturated rings. The van der Waals surface area contributed by atoms with Crippen LogP contribution in [0.25, 0.3) is 0 Å². The van der Waals surface area contributed by atoms with Crippen molar-refractivity contribution in [3.05, 3.63) is 47.0 Å². The molecule has 0 heterocycles. The van der Waals surface area contributed by atoms with E-state index in [1.54, 1.807) is 12.1 Å². The summed E-state index contributed by atoms with van der Waals surface area (Å²) in [7, 11) is 3.84. The summed E-state index contributed by atoms with van der Waals surface area (Å²) >= 11 is 6.19. The van der Waals surface area contributed by atoms with Crippen molar-refractivity contribution in [3.8, 4) is 11.5 Å². The lowest BCUT2D eigenvalue weighted by Crippen LogP contribution is -2.12. The van der Waals surface area contributed by atoms with Crippen molar-refractivity contribution in [2.75, 3.05) is 24.3 Å². The number of benzene rings is 2. The van der Waals surface area contributed by atoms with Gasteiger partial charge in [-0.1, -0.05) is 17.7 Å². The highest BCUT2D eigenvalue weighted by Crippen LogP contribution is 2.33. The molecule has 2 aromatic rings. The number of nitrogens with zero attached hydrogens (tertiary/aromatic N) is 1. The summed E-state index contributed by atoms with van der Waals surface area (Å²) in [6.07, 6.45) is 0. The number of aromatic hydroxyl groups is 2. The van der Waals surface area contributed by atoms with E-state index in [-0.39, 0.29) is 11.5 Å². The number of para-hydroxylation sites is 1. The van der Waals surface area contributed by atoms with Crippen LogP contribution in [0.3, 0.4) is 0 Å². The van der Waals surface area contributed by atoms with Gasteiger partial charge in [0.15, 0.2) is 0 Å². The van der Waals surface area contributed by atoms with Crippen LogP contribution in [-0.4, -0.2) is 24.3 Å². The van der Waals surface area contributed by atoms with E-state index in [1.807, 2.05) is 37.2 Å². The smallest absolute Gasteiger partial charge is 0.124 e. The maximum Gasteiger partial charge on any atom is 0.124 e. The van der Waals surface area contributed by atoms with E-state index in [1.165, 1.54) is 6.07 Å². The molecule has 0 aliphatic rings. The maximum atomic E-state index is 9.77. The first-order valence-corrected chi connectivity index (χ1v) is 6.57. The van der Waals surface area contributed by atoms with Gasteiger partial charge in [0.25, 0.3) is 0 Å². The quantitative estimate of drug-likeness (QED) is 0.808. The van der Waals surface area contributed by atoms with E-state index in [0.29, 0.717) is 17.1 Å². The first kappa shape index (κ1) is 14.3. The molecule has 20 heavy (non-hydrogen) atoms. The average Bonchev–Trinajstić information content (AvgIpc) is 2.37. The van der Waals surface area contributed by atoms with Crippen molar-refractivity contribution >= 4 is 23.0 Å². The second kappa shape index (κ2) is 5.92. The van der Waals surface area contributed by atoms with Gasteiger partial charge in [0.2, 0.25) is 0 Å². The van der Waals surface area contributed by atoms with Crippen molar-refractivity contribution < 1.29 is 10.2 Å². The molecule has 4 nitrogen and oxygen atoms in total. The molecule has 2 rings (SSSR count). The van der Waals surface area contributed by atoms with Crippen molar-refractivity contribution in [3.63, 3.8) is 0 Å². The van der Waals surface area contributed by atoms with Crippen LogP contribution in [-0.2, 0) is 6.54 Å². The van der Waals surface area contributed by atoms with E-state index >= 15 is 0 Å². The molecule has 0 atom stereocenters. The number of rotatable bonds is 4. The number of anilines is 2. The van der Waals surface area contributed by atoms with Crippen molar-refractivity contribution in [1.82, 2.24) is 0 Å². The van der Waals surface area contributed by atoms with Crippen molar-refractivity contribution in [1.29, 1.82) is 0 Å². The lowest BCUT2D eigenvalue weighted by atomic mass is 10.1. The highest BCUT2D eigenvalue weighted by Gasteiger charge is 2.09. The Kier molecular flexibility index (Phi) is 4.25. The minimum absolute atomic E-state index is 0.0444. The Morgan fingerprint density at radius 1 is 1.15 bits per heavy atom. The molecule has 0 amide bonds. The lowest BCUT2D eigenvalue weighted by Gasteiger charge is -2.20. The van der Waals surface area contributed by atoms with E-state index in [9.17, 15) is 10.2 Å². The summed E-state index contributed by atoms with van der Waals surface area (Å²) in [6.45, 7) is 0.438. The van der Waals surface area contributed by atoms with Crippen LogP contribution in [0.15, 0.2) is 36.4 Å². The van der Waals surface area contributed by atoms with E-state index < -0.39 is 0 Å². The zero-order chi connectivity index (χ0) is 14.7. The summed E-state index contributed by atoms with van der Waals surface area (Å²) in [6, 6.07) is 10.2. The molecule has 0 aliphatic carbocycles. The Morgan fingerprint density at radius 3 is 2.55 bits per heavy atom. The number of phenolic OH excluding ortho intramolecular Hbond substituents is 2. The summed E-state index contributed by atoms with van der Waals surface area (Å²) in [5, 5.41) is 22.9. The zero-order valence-corrected chi connectivity index (χ0v) is 12.1. The molecule has 3 N–H and O–H groups in total. The van der Waals surface area contributed by atoms with E-state index in [4.69, 9.17) is 11.6 Å². The number of hydrogen-bond donors (Lipinski definition) is 3. The van der Waals surface area contributed by atoms with Gasteiger partial charge < -0.3 is 20.4 Å². The minimum atomic E-state index is 0.0444. The Morgan fingerprint density at radius 2 is 1.90 bits per heavy atom. The topological polar surface area (TPSA) is 55.7 Å². The van der Waals surface area contributed by atoms with E-state index in [2.05, 4.69) is 5.32 Å². The SMILES string of the molecule is CN(C)c1c(Cl)cccc1NCc1ccc(O)cc1O. The second-order valence-electron chi connectivity index (χ2n) is 4.70. The Balaban J connectivity index is 2.21. The third-order valence-electron chi connectivity index (χ3n) is 2.97. The summed E-state index contributed by atoms with van der Waals surface area (Å²) in [4.78, 5) is 1.93. The normalized spacial score (nSPS) is 10.3. The molecule has 0 radical (unpaired) electrons.